The second-order valence-corrected chi connectivity index (χ2v) is 8.65. The number of aromatic nitrogens is 6. The quantitative estimate of drug-likeness (QED) is 0.434. The Labute approximate surface area is 182 Å². The number of amides is 2. The van der Waals surface area contributed by atoms with Crippen molar-refractivity contribution in [3.63, 3.8) is 0 Å². The maximum absolute atomic E-state index is 12.3. The molecule has 2 aliphatic rings. The normalized spacial score (nSPS) is 16.8. The van der Waals surface area contributed by atoms with Crippen LogP contribution in [0.2, 0.25) is 0 Å². The molecule has 0 spiro atoms. The molecule has 0 radical (unpaired) electrons. The van der Waals surface area contributed by atoms with E-state index in [2.05, 4.69) is 47.2 Å². The van der Waals surface area contributed by atoms with Crippen LogP contribution in [-0.2, 0) is 5.41 Å². The van der Waals surface area contributed by atoms with Gasteiger partial charge in [0, 0.05) is 47.2 Å². The monoisotopic (exact) mass is 431 g/mol. The molecule has 11 nitrogen and oxygen atoms in total. The summed E-state index contributed by atoms with van der Waals surface area (Å²) >= 11 is 0. The Morgan fingerprint density at radius 1 is 1.19 bits per heavy atom. The molecule has 11 heteroatoms. The molecule has 6 rings (SSSR count). The maximum atomic E-state index is 12.3. The fourth-order valence-corrected chi connectivity index (χ4v) is 3.80. The molecule has 4 aromatic rings. The third-order valence-corrected chi connectivity index (χ3v) is 6.13. The Balaban J connectivity index is 1.20. The minimum Gasteiger partial charge on any atom is -0.383 e. The molecule has 0 atom stereocenters. The molecule has 32 heavy (non-hydrogen) atoms. The smallest absolute Gasteiger partial charge is 0.328 e. The number of nitrogens with one attached hydrogen (secondary N) is 2. The van der Waals surface area contributed by atoms with Gasteiger partial charge < -0.3 is 14.8 Å². The summed E-state index contributed by atoms with van der Waals surface area (Å²) in [4.78, 5) is 29.4. The van der Waals surface area contributed by atoms with E-state index < -0.39 is 6.03 Å². The molecule has 4 heterocycles. The van der Waals surface area contributed by atoms with Crippen molar-refractivity contribution < 1.29 is 9.32 Å². The lowest BCUT2D eigenvalue weighted by Gasteiger charge is -2.05. The van der Waals surface area contributed by atoms with Gasteiger partial charge in [-0.05, 0) is 25.7 Å². The predicted octanol–water partition coefficient (Wildman–Crippen LogP) is 3.49. The largest absolute Gasteiger partial charge is 0.383 e. The summed E-state index contributed by atoms with van der Waals surface area (Å²) < 4.78 is 7.34. The Morgan fingerprint density at radius 3 is 2.69 bits per heavy atom. The van der Waals surface area contributed by atoms with Gasteiger partial charge in [0.15, 0.2) is 0 Å². The van der Waals surface area contributed by atoms with Gasteiger partial charge in [-0.25, -0.2) is 24.7 Å². The molecule has 162 valence electrons. The minimum absolute atomic E-state index is 0.0654. The highest BCUT2D eigenvalue weighted by molar-refractivity contribution is 6.01. The highest BCUT2D eigenvalue weighted by Crippen LogP contribution is 2.47. The van der Waals surface area contributed by atoms with E-state index in [9.17, 15) is 4.79 Å². The number of hydrogen-bond acceptors (Lipinski definition) is 8. The Hall–Kier alpha value is -4.02. The molecule has 0 saturated heterocycles. The van der Waals surface area contributed by atoms with Crippen LogP contribution in [0.3, 0.4) is 0 Å². The first-order valence-corrected chi connectivity index (χ1v) is 10.5. The molecule has 2 amide bonds. The van der Waals surface area contributed by atoms with E-state index >= 15 is 0 Å². The second kappa shape index (κ2) is 6.74. The number of nitrogen functional groups attached to an aromatic ring is 1. The van der Waals surface area contributed by atoms with Crippen molar-refractivity contribution in [2.75, 3.05) is 16.4 Å². The number of carbonyl (C=O) groups is 1. The molecular formula is C21H21N9O2. The third kappa shape index (κ3) is 3.22. The molecule has 0 unspecified atom stereocenters. The fourth-order valence-electron chi connectivity index (χ4n) is 3.80. The van der Waals surface area contributed by atoms with Gasteiger partial charge in [0.1, 0.15) is 17.8 Å². The highest BCUT2D eigenvalue weighted by Gasteiger charge is 2.42. The second-order valence-electron chi connectivity index (χ2n) is 8.65. The summed E-state index contributed by atoms with van der Waals surface area (Å²) in [5, 5.41) is 10.0. The zero-order valence-electron chi connectivity index (χ0n) is 17.4. The summed E-state index contributed by atoms with van der Waals surface area (Å²) in [6.45, 7) is 2.12. The van der Waals surface area contributed by atoms with Crippen molar-refractivity contribution in [2.45, 2.75) is 44.1 Å². The number of anilines is 3. The third-order valence-electron chi connectivity index (χ3n) is 6.13. The molecule has 2 aliphatic carbocycles. The average molecular weight is 431 g/mol. The van der Waals surface area contributed by atoms with E-state index in [0.29, 0.717) is 11.9 Å². The van der Waals surface area contributed by atoms with Gasteiger partial charge in [-0.3, -0.25) is 10.6 Å². The highest BCUT2D eigenvalue weighted by atomic mass is 16.5. The van der Waals surface area contributed by atoms with E-state index in [-0.39, 0.29) is 17.2 Å². The van der Waals surface area contributed by atoms with Crippen molar-refractivity contribution in [1.29, 1.82) is 0 Å². The average Bonchev–Trinajstić information content (AvgIpc) is 3.68. The first-order valence-electron chi connectivity index (χ1n) is 10.5. The van der Waals surface area contributed by atoms with E-state index in [0.717, 1.165) is 53.5 Å². The lowest BCUT2D eigenvalue weighted by molar-refractivity contribution is 0.261. The topological polar surface area (TPSA) is 150 Å². The number of rotatable bonds is 5. The van der Waals surface area contributed by atoms with Gasteiger partial charge in [0.05, 0.1) is 11.1 Å². The number of fused-ring (bicyclic) bond motifs is 1. The van der Waals surface area contributed by atoms with Gasteiger partial charge in [-0.15, -0.1) is 0 Å². The van der Waals surface area contributed by atoms with Crippen LogP contribution in [0.15, 0.2) is 35.5 Å². The number of urea groups is 1. The molecule has 4 N–H and O–H groups in total. The lowest BCUT2D eigenvalue weighted by Crippen LogP contribution is -2.20. The van der Waals surface area contributed by atoms with Crippen LogP contribution in [0, 0.1) is 0 Å². The molecule has 0 aromatic carbocycles. The van der Waals surface area contributed by atoms with Crippen molar-refractivity contribution >= 4 is 34.7 Å². The molecule has 2 fully saturated rings. The van der Waals surface area contributed by atoms with Crippen molar-refractivity contribution in [3.05, 3.63) is 36.7 Å². The van der Waals surface area contributed by atoms with Gasteiger partial charge in [-0.2, -0.15) is 0 Å². The minimum atomic E-state index is -0.510. The van der Waals surface area contributed by atoms with Gasteiger partial charge in [0.25, 0.3) is 0 Å². The molecule has 2 saturated carbocycles. The number of carbonyl (C=O) groups excluding carboxylic acids is 1. The fraction of sp³-hybridized carbons (Fsp3) is 0.333. The van der Waals surface area contributed by atoms with Crippen LogP contribution in [-0.4, -0.2) is 35.7 Å². The molecular weight excluding hydrogens is 410 g/mol. The number of hydrogen-bond donors (Lipinski definition) is 3. The van der Waals surface area contributed by atoms with E-state index in [1.165, 1.54) is 6.33 Å². The summed E-state index contributed by atoms with van der Waals surface area (Å²) in [5.74, 6) is 0.860. The summed E-state index contributed by atoms with van der Waals surface area (Å²) in [5.41, 5.74) is 9.50. The predicted molar refractivity (Wildman–Crippen MR) is 117 cm³/mol. The summed E-state index contributed by atoms with van der Waals surface area (Å²) in [6.07, 6.45) is 11.2. The van der Waals surface area contributed by atoms with Gasteiger partial charge >= 0.3 is 6.03 Å². The first kappa shape index (κ1) is 18.7. The molecule has 0 bridgehead atoms. The van der Waals surface area contributed by atoms with Crippen molar-refractivity contribution in [1.82, 2.24) is 29.7 Å². The van der Waals surface area contributed by atoms with Crippen LogP contribution in [0.1, 0.15) is 44.3 Å². The summed E-state index contributed by atoms with van der Waals surface area (Å²) in [6, 6.07) is 1.67. The van der Waals surface area contributed by atoms with Crippen LogP contribution >= 0.6 is 0 Å². The summed E-state index contributed by atoms with van der Waals surface area (Å²) in [7, 11) is 0. The molecule has 4 aromatic heterocycles. The Kier molecular flexibility index (Phi) is 3.94. The van der Waals surface area contributed by atoms with E-state index in [4.69, 9.17) is 10.3 Å². The Morgan fingerprint density at radius 2 is 1.97 bits per heavy atom. The van der Waals surface area contributed by atoms with Crippen LogP contribution in [0.25, 0.3) is 22.2 Å². The van der Waals surface area contributed by atoms with Crippen LogP contribution < -0.4 is 16.4 Å². The number of nitrogens with two attached hydrogens (primary N) is 1. The standard InChI is InChI=1S/C21H21N9O2/c1-21(4-5-21)14-6-15(32-29-14)27-20(31)28-19-23-7-11(8-24-19)13-9-30(12-2-3-12)18-16(13)17(22)25-10-26-18/h6-10,12H,2-5H2,1H3,(H2,22,25,26)(H2,23,24,27,28,31). The first-order chi connectivity index (χ1) is 15.5. The van der Waals surface area contributed by atoms with E-state index in [1.54, 1.807) is 18.5 Å². The maximum Gasteiger partial charge on any atom is 0.328 e. The van der Waals surface area contributed by atoms with Crippen molar-refractivity contribution in [2.24, 2.45) is 0 Å². The zero-order chi connectivity index (χ0) is 21.9. The Bertz CT molecular complexity index is 1330. The van der Waals surface area contributed by atoms with E-state index in [1.807, 2.05) is 6.20 Å². The lowest BCUT2D eigenvalue weighted by atomic mass is 10.1. The van der Waals surface area contributed by atoms with Gasteiger partial charge in [-0.1, -0.05) is 12.1 Å². The van der Waals surface area contributed by atoms with Crippen molar-refractivity contribution in [3.8, 4) is 11.1 Å². The molecule has 0 aliphatic heterocycles. The van der Waals surface area contributed by atoms with Crippen LogP contribution in [0.4, 0.5) is 22.4 Å². The zero-order valence-corrected chi connectivity index (χ0v) is 17.4. The SMILES string of the molecule is CC1(c2cc(NC(=O)Nc3ncc(-c4cn(C5CC5)c5ncnc(N)c45)cn3)on2)CC1. The van der Waals surface area contributed by atoms with Gasteiger partial charge in [0.2, 0.25) is 11.8 Å². The van der Waals surface area contributed by atoms with Crippen LogP contribution in [0.5, 0.6) is 0 Å². The number of nitrogens with zero attached hydrogens (tertiary/aromatic N) is 6.